The van der Waals surface area contributed by atoms with Crippen LogP contribution in [0.15, 0.2) is 36.5 Å². The molecule has 1 aliphatic heterocycles. The number of fused-ring (bicyclic) bond motifs is 1. The fourth-order valence-corrected chi connectivity index (χ4v) is 5.49. The predicted molar refractivity (Wildman–Crippen MR) is 139 cm³/mol. The van der Waals surface area contributed by atoms with Crippen LogP contribution < -0.4 is 10.5 Å². The van der Waals surface area contributed by atoms with E-state index in [2.05, 4.69) is 9.88 Å². The maximum atomic E-state index is 15.8. The topological polar surface area (TPSA) is 71.6 Å². The molecule has 0 bridgehead atoms. The Balaban J connectivity index is 1.35. The molecule has 38 heavy (non-hydrogen) atoms. The SMILES string of the molecule is COc1ccc2ncc(CN)c([C@@H](F)CCC3(CO)CCN(CCCc4cc(F)cc(F)c4F)CC3)c2c1. The Kier molecular flexibility index (Phi) is 9.23. The smallest absolute Gasteiger partial charge is 0.162 e. The van der Waals surface area contributed by atoms with Crippen LogP contribution in [0.25, 0.3) is 10.9 Å². The van der Waals surface area contributed by atoms with E-state index < -0.39 is 23.6 Å². The lowest BCUT2D eigenvalue weighted by molar-refractivity contribution is 0.0299. The molecule has 2 aromatic carbocycles. The summed E-state index contributed by atoms with van der Waals surface area (Å²) in [5.41, 5.74) is 7.42. The molecule has 0 saturated carbocycles. The van der Waals surface area contributed by atoms with E-state index in [1.54, 1.807) is 31.5 Å². The van der Waals surface area contributed by atoms with Gasteiger partial charge in [0.25, 0.3) is 0 Å². The van der Waals surface area contributed by atoms with Gasteiger partial charge in [-0.15, -0.1) is 0 Å². The number of piperidine rings is 1. The van der Waals surface area contributed by atoms with Crippen LogP contribution in [0.1, 0.15) is 55.0 Å². The van der Waals surface area contributed by atoms with Crippen LogP contribution in [0.3, 0.4) is 0 Å². The predicted octanol–water partition coefficient (Wildman–Crippen LogP) is 5.62. The normalized spacial score (nSPS) is 16.6. The van der Waals surface area contributed by atoms with Gasteiger partial charge in [-0.25, -0.2) is 17.6 Å². The van der Waals surface area contributed by atoms with Gasteiger partial charge in [0.1, 0.15) is 17.7 Å². The summed E-state index contributed by atoms with van der Waals surface area (Å²) in [5, 5.41) is 10.9. The third-order valence-corrected chi connectivity index (χ3v) is 7.90. The Bertz CT molecular complexity index is 1240. The summed E-state index contributed by atoms with van der Waals surface area (Å²) in [5.74, 6) is -2.34. The number of likely N-dealkylation sites (tertiary alicyclic amines) is 1. The minimum atomic E-state index is -1.27. The van der Waals surface area contributed by atoms with Crippen LogP contribution in [0.4, 0.5) is 17.6 Å². The Labute approximate surface area is 220 Å². The van der Waals surface area contributed by atoms with E-state index in [1.165, 1.54) is 0 Å². The fourth-order valence-electron chi connectivity index (χ4n) is 5.49. The Morgan fingerprint density at radius 3 is 2.58 bits per heavy atom. The second-order valence-corrected chi connectivity index (χ2v) is 10.3. The molecule has 5 nitrogen and oxygen atoms in total. The van der Waals surface area contributed by atoms with Crippen molar-refractivity contribution in [1.29, 1.82) is 0 Å². The van der Waals surface area contributed by atoms with Crippen molar-refractivity contribution in [2.45, 2.75) is 51.2 Å². The van der Waals surface area contributed by atoms with Gasteiger partial charge in [0.15, 0.2) is 11.6 Å². The highest BCUT2D eigenvalue weighted by molar-refractivity contribution is 5.85. The molecular formula is C29H35F4N3O2. The Morgan fingerprint density at radius 1 is 1.13 bits per heavy atom. The number of rotatable bonds is 11. The molecule has 1 aliphatic rings. The molecule has 0 amide bonds. The number of aliphatic hydroxyl groups excluding tert-OH is 1. The molecule has 4 rings (SSSR count). The maximum absolute atomic E-state index is 15.8. The number of nitrogens with two attached hydrogens (primary N) is 1. The van der Waals surface area contributed by atoms with Gasteiger partial charge in [-0.2, -0.15) is 0 Å². The van der Waals surface area contributed by atoms with Crippen LogP contribution >= 0.6 is 0 Å². The van der Waals surface area contributed by atoms with Crippen LogP contribution in [0, 0.1) is 22.9 Å². The third kappa shape index (κ3) is 6.27. The first-order valence-corrected chi connectivity index (χ1v) is 13.1. The summed E-state index contributed by atoms with van der Waals surface area (Å²) in [6.07, 6.45) is 3.31. The molecule has 206 valence electrons. The van der Waals surface area contributed by atoms with Gasteiger partial charge in [0.05, 0.1) is 12.6 Å². The quantitative estimate of drug-likeness (QED) is 0.247. The maximum Gasteiger partial charge on any atom is 0.162 e. The molecule has 0 aliphatic carbocycles. The molecule has 3 N–H and O–H groups in total. The molecule has 1 saturated heterocycles. The summed E-state index contributed by atoms with van der Waals surface area (Å²) in [7, 11) is 1.56. The summed E-state index contributed by atoms with van der Waals surface area (Å²) in [6, 6.07) is 6.96. The van der Waals surface area contributed by atoms with E-state index in [4.69, 9.17) is 10.5 Å². The number of aromatic nitrogens is 1. The molecule has 1 aromatic heterocycles. The second-order valence-electron chi connectivity index (χ2n) is 10.3. The van der Waals surface area contributed by atoms with Crippen molar-refractivity contribution in [2.75, 3.05) is 33.4 Å². The molecule has 2 heterocycles. The number of nitrogens with zero attached hydrogens (tertiary/aromatic N) is 2. The van der Waals surface area contributed by atoms with Crippen molar-refractivity contribution in [3.63, 3.8) is 0 Å². The third-order valence-electron chi connectivity index (χ3n) is 7.90. The largest absolute Gasteiger partial charge is 0.497 e. The molecule has 0 spiro atoms. The number of aliphatic hydroxyl groups is 1. The number of ether oxygens (including phenoxy) is 1. The molecule has 0 radical (unpaired) electrons. The van der Waals surface area contributed by atoms with Crippen molar-refractivity contribution in [3.05, 3.63) is 70.7 Å². The first kappa shape index (κ1) is 28.3. The van der Waals surface area contributed by atoms with E-state index in [0.29, 0.717) is 79.2 Å². The molecule has 0 unspecified atom stereocenters. The number of alkyl halides is 1. The molecule has 1 fully saturated rings. The highest BCUT2D eigenvalue weighted by atomic mass is 19.2. The summed E-state index contributed by atoms with van der Waals surface area (Å²) in [4.78, 5) is 6.61. The summed E-state index contributed by atoms with van der Waals surface area (Å²) >= 11 is 0. The van der Waals surface area contributed by atoms with Crippen LogP contribution in [0.5, 0.6) is 5.75 Å². The Hall–Kier alpha value is -2.75. The number of aryl methyl sites for hydroxylation is 1. The van der Waals surface area contributed by atoms with E-state index in [0.717, 1.165) is 6.07 Å². The van der Waals surface area contributed by atoms with E-state index in [9.17, 15) is 18.3 Å². The van der Waals surface area contributed by atoms with E-state index >= 15 is 4.39 Å². The first-order chi connectivity index (χ1) is 18.3. The fraction of sp³-hybridized carbons (Fsp3) is 0.483. The van der Waals surface area contributed by atoms with E-state index in [1.807, 2.05) is 0 Å². The van der Waals surface area contributed by atoms with Gasteiger partial charge in [-0.3, -0.25) is 4.98 Å². The van der Waals surface area contributed by atoms with Crippen molar-refractivity contribution >= 4 is 10.9 Å². The minimum absolute atomic E-state index is 0.0317. The highest BCUT2D eigenvalue weighted by Gasteiger charge is 2.35. The standard InChI is InChI=1S/C29H35F4N3O2/c1-38-22-4-5-26-23(15-22)27(20(16-34)17-35-26)24(31)6-7-29(18-37)8-11-36(12-9-29)10-2-3-19-13-21(30)14-25(32)28(19)33/h4-5,13-15,17,24,37H,2-3,6-12,16,18,34H2,1H3/t24-/m0/s1. The number of hydrogen-bond acceptors (Lipinski definition) is 5. The van der Waals surface area contributed by atoms with Gasteiger partial charge in [-0.05, 0) is 99.0 Å². The first-order valence-electron chi connectivity index (χ1n) is 13.1. The zero-order valence-electron chi connectivity index (χ0n) is 21.7. The lowest BCUT2D eigenvalue weighted by Gasteiger charge is -2.41. The number of hydrogen-bond donors (Lipinski definition) is 2. The summed E-state index contributed by atoms with van der Waals surface area (Å²) < 4.78 is 61.9. The van der Waals surface area contributed by atoms with Crippen molar-refractivity contribution < 1.29 is 27.4 Å². The Morgan fingerprint density at radius 2 is 1.89 bits per heavy atom. The average Bonchev–Trinajstić information content (AvgIpc) is 2.94. The lowest BCUT2D eigenvalue weighted by atomic mass is 9.74. The lowest BCUT2D eigenvalue weighted by Crippen LogP contribution is -2.42. The number of benzene rings is 2. The van der Waals surface area contributed by atoms with Gasteiger partial charge in [-0.1, -0.05) is 0 Å². The van der Waals surface area contributed by atoms with Gasteiger partial charge >= 0.3 is 0 Å². The van der Waals surface area contributed by atoms with Gasteiger partial charge in [0, 0.05) is 36.4 Å². The highest BCUT2D eigenvalue weighted by Crippen LogP contribution is 2.41. The van der Waals surface area contributed by atoms with Gasteiger partial charge in [0.2, 0.25) is 0 Å². The van der Waals surface area contributed by atoms with Gasteiger partial charge < -0.3 is 20.5 Å². The zero-order chi connectivity index (χ0) is 27.3. The van der Waals surface area contributed by atoms with Crippen molar-refractivity contribution in [3.8, 4) is 5.75 Å². The molecule has 3 aromatic rings. The molecule has 9 heteroatoms. The van der Waals surface area contributed by atoms with Crippen LogP contribution in [-0.4, -0.2) is 48.3 Å². The molecule has 1 atom stereocenters. The van der Waals surface area contributed by atoms with Crippen molar-refractivity contribution in [1.82, 2.24) is 9.88 Å². The summed E-state index contributed by atoms with van der Waals surface area (Å²) in [6.45, 7) is 2.20. The average molecular weight is 534 g/mol. The second kappa shape index (κ2) is 12.4. The monoisotopic (exact) mass is 533 g/mol. The zero-order valence-corrected chi connectivity index (χ0v) is 21.7. The number of halogens is 4. The van der Waals surface area contributed by atoms with Crippen molar-refractivity contribution in [2.24, 2.45) is 11.1 Å². The van der Waals surface area contributed by atoms with Crippen LogP contribution in [-0.2, 0) is 13.0 Å². The van der Waals surface area contributed by atoms with Crippen LogP contribution in [0.2, 0.25) is 0 Å². The molecular weight excluding hydrogens is 498 g/mol. The number of pyridine rings is 1. The number of methoxy groups -OCH3 is 1. The minimum Gasteiger partial charge on any atom is -0.497 e. The van der Waals surface area contributed by atoms with E-state index in [-0.39, 0.29) is 37.0 Å².